The van der Waals surface area contributed by atoms with Crippen LogP contribution in [0.25, 0.3) is 6.08 Å². The minimum atomic E-state index is -1.30. The number of aliphatic hydroxyl groups is 1. The van der Waals surface area contributed by atoms with Crippen molar-refractivity contribution in [3.63, 3.8) is 0 Å². The molecule has 0 spiro atoms. The van der Waals surface area contributed by atoms with Gasteiger partial charge in [0.2, 0.25) is 0 Å². The second-order valence-corrected chi connectivity index (χ2v) is 7.13. The zero-order valence-corrected chi connectivity index (χ0v) is 16.2. The van der Waals surface area contributed by atoms with Gasteiger partial charge in [-0.3, -0.25) is 14.4 Å². The highest BCUT2D eigenvalue weighted by molar-refractivity contribution is 6.08. The number of aryl methyl sites for hydroxylation is 1. The van der Waals surface area contributed by atoms with E-state index in [1.165, 1.54) is 30.4 Å². The first-order valence-corrected chi connectivity index (χ1v) is 9.42. The molecule has 0 bridgehead atoms. The average molecular weight is 386 g/mol. The first-order chi connectivity index (χ1) is 13.9. The van der Waals surface area contributed by atoms with E-state index in [2.05, 4.69) is 0 Å². The Morgan fingerprint density at radius 3 is 2.34 bits per heavy atom. The molecule has 1 aliphatic rings. The summed E-state index contributed by atoms with van der Waals surface area (Å²) in [4.78, 5) is 36.3. The third-order valence-corrected chi connectivity index (χ3v) is 4.84. The standard InChI is InChI=1S/C25H22O4/c1-18-6-8-20(9-7-18)23(27)11-10-19-4-2-3-5-22(19)24(28)14-17-25(29)15-12-21(26)13-16-25/h2-13,15-16,29H,14,17H2,1H3/b11-10+. The van der Waals surface area contributed by atoms with Gasteiger partial charge in [0.05, 0.1) is 0 Å². The molecule has 4 nitrogen and oxygen atoms in total. The van der Waals surface area contributed by atoms with Gasteiger partial charge >= 0.3 is 0 Å². The van der Waals surface area contributed by atoms with Crippen LogP contribution in [0.1, 0.15) is 44.7 Å². The van der Waals surface area contributed by atoms with Crippen LogP contribution in [0.5, 0.6) is 0 Å². The Labute approximate surface area is 169 Å². The van der Waals surface area contributed by atoms with Crippen molar-refractivity contribution >= 4 is 23.4 Å². The summed E-state index contributed by atoms with van der Waals surface area (Å²) in [7, 11) is 0. The predicted molar refractivity (Wildman–Crippen MR) is 113 cm³/mol. The molecular weight excluding hydrogens is 364 g/mol. The smallest absolute Gasteiger partial charge is 0.185 e. The number of ketones is 3. The van der Waals surface area contributed by atoms with Crippen molar-refractivity contribution in [1.29, 1.82) is 0 Å². The molecule has 0 aliphatic heterocycles. The number of carbonyl (C=O) groups excluding carboxylic acids is 3. The van der Waals surface area contributed by atoms with Gasteiger partial charge in [-0.05, 0) is 49.3 Å². The maximum Gasteiger partial charge on any atom is 0.185 e. The van der Waals surface area contributed by atoms with E-state index in [9.17, 15) is 19.5 Å². The van der Waals surface area contributed by atoms with E-state index in [0.717, 1.165) is 5.56 Å². The lowest BCUT2D eigenvalue weighted by Gasteiger charge is -2.22. The van der Waals surface area contributed by atoms with Crippen molar-refractivity contribution in [2.45, 2.75) is 25.4 Å². The summed E-state index contributed by atoms with van der Waals surface area (Å²) in [5, 5.41) is 10.4. The fourth-order valence-corrected chi connectivity index (χ4v) is 3.05. The highest BCUT2D eigenvalue weighted by Gasteiger charge is 2.24. The van der Waals surface area contributed by atoms with Gasteiger partial charge in [0.25, 0.3) is 0 Å². The lowest BCUT2D eigenvalue weighted by atomic mass is 9.89. The highest BCUT2D eigenvalue weighted by Crippen LogP contribution is 2.23. The van der Waals surface area contributed by atoms with E-state index in [4.69, 9.17) is 0 Å². The second kappa shape index (κ2) is 8.76. The molecule has 3 rings (SSSR count). The fraction of sp³-hybridized carbons (Fsp3) is 0.160. The van der Waals surface area contributed by atoms with Gasteiger partial charge in [-0.1, -0.05) is 60.2 Å². The number of carbonyl (C=O) groups is 3. The van der Waals surface area contributed by atoms with Crippen LogP contribution in [0.4, 0.5) is 0 Å². The lowest BCUT2D eigenvalue weighted by Crippen LogP contribution is -2.26. The van der Waals surface area contributed by atoms with Crippen molar-refractivity contribution in [2.24, 2.45) is 0 Å². The molecule has 0 heterocycles. The summed E-state index contributed by atoms with van der Waals surface area (Å²) in [5.74, 6) is -0.460. The number of benzene rings is 2. The molecule has 2 aromatic carbocycles. The molecule has 4 heteroatoms. The summed E-state index contributed by atoms with van der Waals surface area (Å²) < 4.78 is 0. The van der Waals surface area contributed by atoms with Crippen LogP contribution in [0.15, 0.2) is 78.9 Å². The van der Waals surface area contributed by atoms with Crippen molar-refractivity contribution in [1.82, 2.24) is 0 Å². The predicted octanol–water partition coefficient (Wildman–Crippen LogP) is 4.28. The molecule has 0 radical (unpaired) electrons. The van der Waals surface area contributed by atoms with Crippen molar-refractivity contribution in [3.8, 4) is 0 Å². The molecule has 0 saturated carbocycles. The zero-order valence-electron chi connectivity index (χ0n) is 16.2. The quantitative estimate of drug-likeness (QED) is 0.569. The minimum Gasteiger partial charge on any atom is -0.382 e. The van der Waals surface area contributed by atoms with Crippen LogP contribution in [-0.2, 0) is 4.79 Å². The molecule has 146 valence electrons. The second-order valence-electron chi connectivity index (χ2n) is 7.13. The fourth-order valence-electron chi connectivity index (χ4n) is 3.05. The van der Waals surface area contributed by atoms with E-state index in [1.54, 1.807) is 42.5 Å². The SMILES string of the molecule is Cc1ccc(C(=O)/C=C/c2ccccc2C(=O)CCC2(O)C=CC(=O)C=C2)cc1. The van der Waals surface area contributed by atoms with Gasteiger partial charge in [-0.25, -0.2) is 0 Å². The van der Waals surface area contributed by atoms with E-state index < -0.39 is 5.60 Å². The van der Waals surface area contributed by atoms with Crippen LogP contribution in [0, 0.1) is 6.92 Å². The average Bonchev–Trinajstić information content (AvgIpc) is 2.73. The van der Waals surface area contributed by atoms with Gasteiger partial charge in [-0.2, -0.15) is 0 Å². The van der Waals surface area contributed by atoms with E-state index in [0.29, 0.717) is 16.7 Å². The molecule has 0 saturated heterocycles. The van der Waals surface area contributed by atoms with E-state index in [-0.39, 0.29) is 30.2 Å². The summed E-state index contributed by atoms with van der Waals surface area (Å²) in [6.07, 6.45) is 8.81. The largest absolute Gasteiger partial charge is 0.382 e. The van der Waals surface area contributed by atoms with Gasteiger partial charge in [0.15, 0.2) is 17.3 Å². The molecule has 0 aromatic heterocycles. The topological polar surface area (TPSA) is 71.4 Å². The summed E-state index contributed by atoms with van der Waals surface area (Å²) >= 11 is 0. The maximum atomic E-state index is 12.7. The lowest BCUT2D eigenvalue weighted by molar-refractivity contribution is -0.110. The Kier molecular flexibility index (Phi) is 6.15. The molecule has 0 atom stereocenters. The minimum absolute atomic E-state index is 0.107. The van der Waals surface area contributed by atoms with Gasteiger partial charge in [-0.15, -0.1) is 0 Å². The van der Waals surface area contributed by atoms with Crippen LogP contribution < -0.4 is 0 Å². The number of hydrogen-bond donors (Lipinski definition) is 1. The summed E-state index contributed by atoms with van der Waals surface area (Å²) in [6.45, 7) is 1.96. The van der Waals surface area contributed by atoms with Crippen LogP contribution >= 0.6 is 0 Å². The highest BCUT2D eigenvalue weighted by atomic mass is 16.3. The normalized spacial score (nSPS) is 15.0. The Morgan fingerprint density at radius 1 is 1.00 bits per heavy atom. The van der Waals surface area contributed by atoms with Crippen molar-refractivity contribution in [2.75, 3.05) is 0 Å². The number of Topliss-reactive ketones (excluding diaryl/α,β-unsaturated/α-hetero) is 1. The first-order valence-electron chi connectivity index (χ1n) is 9.42. The number of allylic oxidation sites excluding steroid dienone is 3. The van der Waals surface area contributed by atoms with E-state index in [1.807, 2.05) is 19.1 Å². The molecular formula is C25H22O4. The Morgan fingerprint density at radius 2 is 1.66 bits per heavy atom. The molecule has 0 amide bonds. The molecule has 2 aromatic rings. The Hall–Kier alpha value is -3.37. The molecule has 0 unspecified atom stereocenters. The Bertz CT molecular complexity index is 1010. The van der Waals surface area contributed by atoms with E-state index >= 15 is 0 Å². The third kappa shape index (κ3) is 5.33. The Balaban J connectivity index is 1.71. The molecule has 1 aliphatic carbocycles. The van der Waals surface area contributed by atoms with Gasteiger partial charge < -0.3 is 5.11 Å². The summed E-state index contributed by atoms with van der Waals surface area (Å²) in [6, 6.07) is 14.4. The van der Waals surface area contributed by atoms with Crippen LogP contribution in [0.3, 0.4) is 0 Å². The first kappa shape index (κ1) is 20.4. The third-order valence-electron chi connectivity index (χ3n) is 4.84. The van der Waals surface area contributed by atoms with Gasteiger partial charge in [0, 0.05) is 17.5 Å². The summed E-state index contributed by atoms with van der Waals surface area (Å²) in [5.41, 5.74) is 1.51. The number of hydrogen-bond acceptors (Lipinski definition) is 4. The zero-order chi connectivity index (χ0) is 20.9. The molecule has 0 fully saturated rings. The molecule has 1 N–H and O–H groups in total. The number of rotatable bonds is 7. The maximum absolute atomic E-state index is 12.7. The van der Waals surface area contributed by atoms with Crippen molar-refractivity contribution < 1.29 is 19.5 Å². The van der Waals surface area contributed by atoms with Crippen LogP contribution in [0.2, 0.25) is 0 Å². The molecule has 29 heavy (non-hydrogen) atoms. The van der Waals surface area contributed by atoms with Crippen LogP contribution in [-0.4, -0.2) is 28.1 Å². The monoisotopic (exact) mass is 386 g/mol. The van der Waals surface area contributed by atoms with Gasteiger partial charge in [0.1, 0.15) is 5.60 Å². The van der Waals surface area contributed by atoms with Crippen molar-refractivity contribution in [3.05, 3.63) is 101 Å².